The third kappa shape index (κ3) is 1.27. The zero-order chi connectivity index (χ0) is 11.0. The molecule has 0 saturated heterocycles. The minimum atomic E-state index is -0.132. The van der Waals surface area contributed by atoms with Gasteiger partial charge in [-0.2, -0.15) is 0 Å². The summed E-state index contributed by atoms with van der Waals surface area (Å²) in [5, 5.41) is 0. The van der Waals surface area contributed by atoms with E-state index in [9.17, 15) is 4.79 Å². The van der Waals surface area contributed by atoms with Crippen LogP contribution in [0.2, 0.25) is 0 Å². The van der Waals surface area contributed by atoms with Crippen LogP contribution in [-0.2, 0) is 16.6 Å². The number of carbonyl (C=O) groups excluding carboxylic acids is 1. The van der Waals surface area contributed by atoms with Crippen LogP contribution < -0.4 is 0 Å². The normalized spacial score (nSPS) is 32.6. The lowest BCUT2D eigenvalue weighted by atomic mass is 9.58. The Morgan fingerprint density at radius 2 is 2.06 bits per heavy atom. The van der Waals surface area contributed by atoms with E-state index in [1.165, 1.54) is 43.1 Å². The maximum atomic E-state index is 11.7. The van der Waals surface area contributed by atoms with E-state index in [2.05, 4.69) is 24.3 Å². The van der Waals surface area contributed by atoms with Crippen LogP contribution >= 0.6 is 0 Å². The Morgan fingerprint density at radius 3 is 2.94 bits per heavy atom. The maximum absolute atomic E-state index is 11.7. The Balaban J connectivity index is 2.14. The summed E-state index contributed by atoms with van der Waals surface area (Å²) in [5.41, 5.74) is 2.61. The van der Waals surface area contributed by atoms with Crippen LogP contribution in [0.4, 0.5) is 0 Å². The number of hydrogen-bond acceptors (Lipinski definition) is 1. The topological polar surface area (TPSA) is 17.1 Å². The van der Waals surface area contributed by atoms with Gasteiger partial charge in [0.05, 0.1) is 5.41 Å². The molecular weight excluding hydrogens is 196 g/mol. The minimum Gasteiger partial charge on any atom is -0.302 e. The fourth-order valence-corrected chi connectivity index (χ4v) is 3.77. The molecule has 84 valence electrons. The molecule has 0 bridgehead atoms. The van der Waals surface area contributed by atoms with E-state index in [1.54, 1.807) is 0 Å². The van der Waals surface area contributed by atoms with E-state index in [0.29, 0.717) is 5.92 Å². The van der Waals surface area contributed by atoms with Crippen molar-refractivity contribution in [3.63, 3.8) is 0 Å². The number of hydrogen-bond donors (Lipinski definition) is 0. The van der Waals surface area contributed by atoms with Gasteiger partial charge in [-0.25, -0.2) is 0 Å². The van der Waals surface area contributed by atoms with Crippen LogP contribution in [-0.4, -0.2) is 6.29 Å². The first-order valence-electron chi connectivity index (χ1n) is 6.41. The molecule has 1 fully saturated rings. The number of rotatable bonds is 1. The van der Waals surface area contributed by atoms with E-state index in [0.717, 1.165) is 12.8 Å². The van der Waals surface area contributed by atoms with Gasteiger partial charge in [-0.3, -0.25) is 0 Å². The third-order valence-corrected chi connectivity index (χ3v) is 4.61. The minimum absolute atomic E-state index is 0.132. The maximum Gasteiger partial charge on any atom is 0.130 e. The molecule has 1 heteroatoms. The van der Waals surface area contributed by atoms with Crippen LogP contribution in [0.5, 0.6) is 0 Å². The van der Waals surface area contributed by atoms with Crippen molar-refractivity contribution >= 4 is 6.29 Å². The Kier molecular flexibility index (Phi) is 2.34. The summed E-state index contributed by atoms with van der Waals surface area (Å²) in [6.07, 6.45) is 8.46. The molecule has 1 saturated carbocycles. The summed E-state index contributed by atoms with van der Waals surface area (Å²) in [4.78, 5) is 11.7. The van der Waals surface area contributed by atoms with Crippen molar-refractivity contribution in [2.75, 3.05) is 0 Å². The SMILES string of the molecule is O=C[C@]12CCCC[C@H]1CCc1ccccc12. The van der Waals surface area contributed by atoms with Crippen molar-refractivity contribution in [2.45, 2.75) is 43.9 Å². The molecule has 1 aromatic rings. The molecule has 0 radical (unpaired) electrons. The summed E-state index contributed by atoms with van der Waals surface area (Å²) >= 11 is 0. The van der Waals surface area contributed by atoms with E-state index in [-0.39, 0.29) is 5.41 Å². The van der Waals surface area contributed by atoms with Gasteiger partial charge in [-0.15, -0.1) is 0 Å². The van der Waals surface area contributed by atoms with Crippen molar-refractivity contribution in [3.8, 4) is 0 Å². The Hall–Kier alpha value is -1.11. The van der Waals surface area contributed by atoms with Gasteiger partial charge >= 0.3 is 0 Å². The zero-order valence-corrected chi connectivity index (χ0v) is 9.61. The lowest BCUT2D eigenvalue weighted by Crippen LogP contribution is -2.43. The number of benzene rings is 1. The number of aldehydes is 1. The van der Waals surface area contributed by atoms with Gasteiger partial charge < -0.3 is 4.79 Å². The Morgan fingerprint density at radius 1 is 1.19 bits per heavy atom. The lowest BCUT2D eigenvalue weighted by molar-refractivity contribution is -0.116. The van der Waals surface area contributed by atoms with Crippen molar-refractivity contribution in [3.05, 3.63) is 35.4 Å². The third-order valence-electron chi connectivity index (χ3n) is 4.61. The van der Waals surface area contributed by atoms with Gasteiger partial charge in [0.25, 0.3) is 0 Å². The van der Waals surface area contributed by atoms with Crippen LogP contribution in [0.3, 0.4) is 0 Å². The van der Waals surface area contributed by atoms with Crippen LogP contribution in [0.25, 0.3) is 0 Å². The quantitative estimate of drug-likeness (QED) is 0.656. The molecule has 0 spiro atoms. The van der Waals surface area contributed by atoms with Crippen LogP contribution in [0, 0.1) is 5.92 Å². The summed E-state index contributed by atoms with van der Waals surface area (Å²) in [7, 11) is 0. The van der Waals surface area contributed by atoms with Crippen molar-refractivity contribution in [2.24, 2.45) is 5.92 Å². The molecular formula is C15H18O. The first-order valence-corrected chi connectivity index (χ1v) is 6.41. The predicted molar refractivity (Wildman–Crippen MR) is 64.5 cm³/mol. The molecule has 0 N–H and O–H groups in total. The van der Waals surface area contributed by atoms with E-state index >= 15 is 0 Å². The van der Waals surface area contributed by atoms with Gasteiger partial charge in [0.2, 0.25) is 0 Å². The van der Waals surface area contributed by atoms with Crippen molar-refractivity contribution in [1.82, 2.24) is 0 Å². The second kappa shape index (κ2) is 3.73. The molecule has 2 aliphatic carbocycles. The van der Waals surface area contributed by atoms with Gasteiger partial charge in [-0.05, 0) is 42.7 Å². The Labute approximate surface area is 96.9 Å². The molecule has 0 heterocycles. The largest absolute Gasteiger partial charge is 0.302 e. The Bertz CT molecular complexity index is 410. The molecule has 3 rings (SSSR count). The first kappa shape index (κ1) is 10.1. The van der Waals surface area contributed by atoms with Crippen LogP contribution in [0.15, 0.2) is 24.3 Å². The molecule has 0 amide bonds. The van der Waals surface area contributed by atoms with E-state index < -0.39 is 0 Å². The van der Waals surface area contributed by atoms with Gasteiger partial charge in [-0.1, -0.05) is 37.1 Å². The van der Waals surface area contributed by atoms with E-state index in [4.69, 9.17) is 0 Å². The number of aryl methyl sites for hydroxylation is 1. The summed E-state index contributed by atoms with van der Waals surface area (Å²) in [5.74, 6) is 0.605. The van der Waals surface area contributed by atoms with Gasteiger partial charge in [0, 0.05) is 0 Å². The molecule has 16 heavy (non-hydrogen) atoms. The molecule has 0 aromatic heterocycles. The fourth-order valence-electron chi connectivity index (χ4n) is 3.77. The smallest absolute Gasteiger partial charge is 0.130 e. The average molecular weight is 214 g/mol. The molecule has 1 nitrogen and oxygen atoms in total. The van der Waals surface area contributed by atoms with Crippen LogP contribution in [0.1, 0.15) is 43.2 Å². The second-order valence-corrected chi connectivity index (χ2v) is 5.30. The average Bonchev–Trinajstić information content (AvgIpc) is 2.38. The number of fused-ring (bicyclic) bond motifs is 3. The molecule has 0 unspecified atom stereocenters. The zero-order valence-electron chi connectivity index (χ0n) is 9.61. The van der Waals surface area contributed by atoms with Gasteiger partial charge in [0.1, 0.15) is 6.29 Å². The molecule has 2 aliphatic rings. The van der Waals surface area contributed by atoms with Gasteiger partial charge in [0.15, 0.2) is 0 Å². The highest BCUT2D eigenvalue weighted by atomic mass is 16.1. The monoisotopic (exact) mass is 214 g/mol. The summed E-state index contributed by atoms with van der Waals surface area (Å²) < 4.78 is 0. The molecule has 2 atom stereocenters. The predicted octanol–water partition coefficient (Wildman–Crippen LogP) is 3.26. The molecule has 1 aromatic carbocycles. The lowest BCUT2D eigenvalue weighted by Gasteiger charge is -2.45. The molecule has 0 aliphatic heterocycles. The summed E-state index contributed by atoms with van der Waals surface area (Å²) in [6, 6.07) is 8.56. The standard InChI is InChI=1S/C15H18O/c16-11-15-10-4-3-6-13(15)9-8-12-5-1-2-7-14(12)15/h1-2,5,7,11,13H,3-4,6,8-10H2/t13-,15+/m0/s1. The number of carbonyl (C=O) groups is 1. The van der Waals surface area contributed by atoms with Crippen molar-refractivity contribution < 1.29 is 4.79 Å². The summed E-state index contributed by atoms with van der Waals surface area (Å²) in [6.45, 7) is 0. The van der Waals surface area contributed by atoms with E-state index in [1.807, 2.05) is 0 Å². The fraction of sp³-hybridized carbons (Fsp3) is 0.533. The highest BCUT2D eigenvalue weighted by Crippen LogP contribution is 2.48. The van der Waals surface area contributed by atoms with Crippen molar-refractivity contribution in [1.29, 1.82) is 0 Å². The first-order chi connectivity index (χ1) is 7.87. The highest BCUT2D eigenvalue weighted by molar-refractivity contribution is 5.71. The second-order valence-electron chi connectivity index (χ2n) is 5.30. The highest BCUT2D eigenvalue weighted by Gasteiger charge is 2.45.